The van der Waals surface area contributed by atoms with Crippen LogP contribution >= 0.6 is 0 Å². The van der Waals surface area contributed by atoms with Crippen LogP contribution in [0.2, 0.25) is 0 Å². The zero-order valence-corrected chi connectivity index (χ0v) is 25.1. The van der Waals surface area contributed by atoms with E-state index in [1.54, 1.807) is 35.5 Å². The van der Waals surface area contributed by atoms with Crippen molar-refractivity contribution in [3.05, 3.63) is 119 Å². The van der Waals surface area contributed by atoms with Gasteiger partial charge < -0.3 is 15.4 Å². The van der Waals surface area contributed by atoms with Crippen LogP contribution in [-0.2, 0) is 16.6 Å². The van der Waals surface area contributed by atoms with Crippen LogP contribution < -0.4 is 20.3 Å². The Morgan fingerprint density at radius 3 is 2.56 bits per heavy atom. The van der Waals surface area contributed by atoms with Crippen LogP contribution in [0.25, 0.3) is 0 Å². The van der Waals surface area contributed by atoms with Crippen LogP contribution in [0.4, 0.5) is 11.4 Å². The van der Waals surface area contributed by atoms with Crippen molar-refractivity contribution in [2.75, 3.05) is 23.4 Å². The minimum absolute atomic E-state index is 0.0671. The third kappa shape index (κ3) is 5.72. The number of aromatic nitrogens is 1. The lowest BCUT2D eigenvalue weighted by molar-refractivity contribution is -0.123. The van der Waals surface area contributed by atoms with Crippen molar-refractivity contribution in [3.8, 4) is 5.75 Å². The first-order valence-corrected chi connectivity index (χ1v) is 14.9. The molecule has 1 aliphatic heterocycles. The number of rotatable bonds is 6. The van der Waals surface area contributed by atoms with Gasteiger partial charge in [-0.15, -0.1) is 0 Å². The fraction of sp³-hybridized carbons (Fsp3) is 0.306. The normalized spacial score (nSPS) is 18.0. The molecule has 1 unspecified atom stereocenters. The Balaban J connectivity index is 1.45. The summed E-state index contributed by atoms with van der Waals surface area (Å²) in [4.78, 5) is 35.0. The number of carbonyl (C=O) groups is 2. The average molecular weight is 575 g/mol. The number of hydrogen-bond acceptors (Lipinski definition) is 5. The maximum atomic E-state index is 14.6. The first-order valence-electron chi connectivity index (χ1n) is 14.9. The lowest BCUT2D eigenvalue weighted by atomic mass is 9.87. The Hall–Kier alpha value is -4.65. The van der Waals surface area contributed by atoms with Gasteiger partial charge in [0.05, 0.1) is 11.7 Å². The molecule has 0 saturated heterocycles. The minimum atomic E-state index is -0.961. The second kappa shape index (κ2) is 11.6. The summed E-state index contributed by atoms with van der Waals surface area (Å²) in [7, 11) is 0. The fourth-order valence-corrected chi connectivity index (χ4v) is 6.11. The van der Waals surface area contributed by atoms with Gasteiger partial charge in [-0.1, -0.05) is 70.2 Å². The highest BCUT2D eigenvalue weighted by Crippen LogP contribution is 2.38. The molecular weight excluding hydrogens is 536 g/mol. The number of fused-ring (bicyclic) bond motifs is 2. The van der Waals surface area contributed by atoms with E-state index >= 15 is 0 Å². The zero-order valence-electron chi connectivity index (χ0n) is 25.1. The van der Waals surface area contributed by atoms with Gasteiger partial charge in [0, 0.05) is 35.8 Å². The third-order valence-electron chi connectivity index (χ3n) is 8.44. The molecule has 220 valence electrons. The molecule has 7 nitrogen and oxygen atoms in total. The monoisotopic (exact) mass is 574 g/mol. The molecule has 2 N–H and O–H groups in total. The van der Waals surface area contributed by atoms with E-state index in [4.69, 9.17) is 4.74 Å². The maximum absolute atomic E-state index is 14.6. The van der Waals surface area contributed by atoms with Crippen LogP contribution in [0.15, 0.2) is 91.3 Å². The predicted molar refractivity (Wildman–Crippen MR) is 170 cm³/mol. The number of nitrogens with one attached hydrogen (secondary N) is 2. The molecule has 0 saturated carbocycles. The summed E-state index contributed by atoms with van der Waals surface area (Å²) in [5.74, 6) is 0.283. The van der Waals surface area contributed by atoms with E-state index in [0.717, 1.165) is 23.2 Å². The SMILES string of the molecule is C[C@H]1Cc2ccccc2[C@H]1NC(=O)C(c1cccnc1)N(C(=O)c1ccc2c(c1)OCCN2)c1ccc(C(C)(C)C)cc1. The molecule has 4 aromatic rings. The first-order chi connectivity index (χ1) is 20.7. The molecule has 1 aromatic heterocycles. The molecule has 7 heteroatoms. The highest BCUT2D eigenvalue weighted by atomic mass is 16.5. The largest absolute Gasteiger partial charge is 0.490 e. The molecule has 0 bridgehead atoms. The Bertz CT molecular complexity index is 1630. The Morgan fingerprint density at radius 2 is 1.81 bits per heavy atom. The van der Waals surface area contributed by atoms with E-state index < -0.39 is 6.04 Å². The lowest BCUT2D eigenvalue weighted by Crippen LogP contribution is -2.45. The average Bonchev–Trinajstić information content (AvgIpc) is 3.33. The molecule has 43 heavy (non-hydrogen) atoms. The van der Waals surface area contributed by atoms with Crippen molar-refractivity contribution >= 4 is 23.2 Å². The molecular formula is C36H38N4O3. The summed E-state index contributed by atoms with van der Waals surface area (Å²) in [5, 5.41) is 6.64. The highest BCUT2D eigenvalue weighted by molar-refractivity contribution is 6.10. The van der Waals surface area contributed by atoms with Crippen LogP contribution in [0.5, 0.6) is 5.75 Å². The minimum Gasteiger partial charge on any atom is -0.490 e. The smallest absolute Gasteiger partial charge is 0.259 e. The molecule has 0 fully saturated rings. The fourth-order valence-electron chi connectivity index (χ4n) is 6.11. The Morgan fingerprint density at radius 1 is 1.02 bits per heavy atom. The first kappa shape index (κ1) is 28.5. The van der Waals surface area contributed by atoms with Crippen molar-refractivity contribution in [2.45, 2.75) is 51.6 Å². The van der Waals surface area contributed by atoms with Gasteiger partial charge in [-0.05, 0) is 70.8 Å². The summed E-state index contributed by atoms with van der Waals surface area (Å²) in [5.41, 5.74) is 5.97. The van der Waals surface area contributed by atoms with Gasteiger partial charge >= 0.3 is 0 Å². The molecule has 3 aromatic carbocycles. The van der Waals surface area contributed by atoms with E-state index in [9.17, 15) is 9.59 Å². The maximum Gasteiger partial charge on any atom is 0.259 e. The number of nitrogens with zero attached hydrogens (tertiary/aromatic N) is 2. The summed E-state index contributed by atoms with van der Waals surface area (Å²) < 4.78 is 5.86. The van der Waals surface area contributed by atoms with Gasteiger partial charge in [0.15, 0.2) is 0 Å². The summed E-state index contributed by atoms with van der Waals surface area (Å²) in [6, 6.07) is 24.1. The molecule has 2 aliphatic rings. The Labute approximate surface area is 253 Å². The number of benzene rings is 3. The van der Waals surface area contributed by atoms with Gasteiger partial charge in [0.1, 0.15) is 18.4 Å². The molecule has 0 radical (unpaired) electrons. The molecule has 3 atom stereocenters. The van der Waals surface area contributed by atoms with Crippen molar-refractivity contribution in [1.82, 2.24) is 10.3 Å². The van der Waals surface area contributed by atoms with Crippen molar-refractivity contribution in [3.63, 3.8) is 0 Å². The zero-order chi connectivity index (χ0) is 30.1. The second-order valence-corrected chi connectivity index (χ2v) is 12.5. The Kier molecular flexibility index (Phi) is 7.65. The quantitative estimate of drug-likeness (QED) is 0.270. The van der Waals surface area contributed by atoms with E-state index in [0.29, 0.717) is 35.7 Å². The van der Waals surface area contributed by atoms with E-state index in [-0.39, 0.29) is 29.2 Å². The number of hydrogen-bond donors (Lipinski definition) is 2. The van der Waals surface area contributed by atoms with Crippen LogP contribution in [0.1, 0.15) is 72.4 Å². The lowest BCUT2D eigenvalue weighted by Gasteiger charge is -2.33. The second-order valence-electron chi connectivity index (χ2n) is 12.5. The predicted octanol–water partition coefficient (Wildman–Crippen LogP) is 6.62. The van der Waals surface area contributed by atoms with Crippen LogP contribution in [0, 0.1) is 5.92 Å². The summed E-state index contributed by atoms with van der Waals surface area (Å²) in [6.07, 6.45) is 4.23. The van der Waals surface area contributed by atoms with Gasteiger partial charge in [-0.3, -0.25) is 19.5 Å². The van der Waals surface area contributed by atoms with Crippen LogP contribution in [-0.4, -0.2) is 29.9 Å². The number of anilines is 2. The van der Waals surface area contributed by atoms with Crippen molar-refractivity contribution < 1.29 is 14.3 Å². The van der Waals surface area contributed by atoms with Gasteiger partial charge in [-0.25, -0.2) is 0 Å². The third-order valence-corrected chi connectivity index (χ3v) is 8.44. The molecule has 1 aliphatic carbocycles. The standard InChI is InChI=1S/C36H38N4O3/c1-23-20-24-8-5-6-10-29(24)32(23)39-34(41)33(26-9-7-17-37-22-26)40(28-14-12-27(13-15-28)36(2,3)4)35(42)25-11-16-30-31(21-25)43-19-18-38-30/h5-17,21-23,32-33,38H,18-20H2,1-4H3,(H,39,41)/t23-,32-,33?/m0/s1. The summed E-state index contributed by atoms with van der Waals surface area (Å²) >= 11 is 0. The van der Waals surface area contributed by atoms with Crippen molar-refractivity contribution in [1.29, 1.82) is 0 Å². The van der Waals surface area contributed by atoms with Gasteiger partial charge in [-0.2, -0.15) is 0 Å². The molecule has 2 amide bonds. The topological polar surface area (TPSA) is 83.6 Å². The molecule has 6 rings (SSSR count). The van der Waals surface area contributed by atoms with E-state index in [1.807, 2.05) is 48.5 Å². The highest BCUT2D eigenvalue weighted by Gasteiger charge is 2.38. The molecule has 0 spiro atoms. The van der Waals surface area contributed by atoms with Crippen LogP contribution in [0.3, 0.4) is 0 Å². The van der Waals surface area contributed by atoms with E-state index in [2.05, 4.69) is 55.4 Å². The number of ether oxygens (including phenoxy) is 1. The van der Waals surface area contributed by atoms with Crippen molar-refractivity contribution in [2.24, 2.45) is 5.92 Å². The number of carbonyl (C=O) groups excluding carboxylic acids is 2. The number of amides is 2. The molecule has 2 heterocycles. The number of pyridine rings is 1. The van der Waals surface area contributed by atoms with Gasteiger partial charge in [0.25, 0.3) is 5.91 Å². The summed E-state index contributed by atoms with van der Waals surface area (Å²) in [6.45, 7) is 9.83. The van der Waals surface area contributed by atoms with E-state index in [1.165, 1.54) is 5.56 Å². The van der Waals surface area contributed by atoms with Gasteiger partial charge in [0.2, 0.25) is 5.91 Å².